The summed E-state index contributed by atoms with van der Waals surface area (Å²) in [7, 11) is 1.25. The number of aliphatic carboxylic acids is 1. The van der Waals surface area contributed by atoms with Crippen LogP contribution >= 0.6 is 23.1 Å². The SMILES string of the molecule is CON=C(C(=O)N[C@@H]1C(=O)N2C(C(=O)O)=C(Cn3c(C)c(C(=O)O)[n+]4c(N)cccc34)CS[C@@H]12)c1csc(N)n1. The fourth-order valence-corrected chi connectivity index (χ4v) is 6.66. The van der Waals surface area contributed by atoms with Crippen molar-refractivity contribution in [2.45, 2.75) is 24.9 Å². The van der Waals surface area contributed by atoms with E-state index in [9.17, 15) is 29.4 Å². The molecule has 0 spiro atoms. The number of thiazole rings is 1. The molecule has 0 saturated carbocycles. The second-order valence-electron chi connectivity index (χ2n) is 8.78. The number of rotatable bonds is 8. The topological polar surface area (TPSA) is 220 Å². The summed E-state index contributed by atoms with van der Waals surface area (Å²) in [5.74, 6) is -3.45. The van der Waals surface area contributed by atoms with Gasteiger partial charge in [0, 0.05) is 28.8 Å². The van der Waals surface area contributed by atoms with Crippen LogP contribution in [0.4, 0.5) is 10.9 Å². The van der Waals surface area contributed by atoms with E-state index in [4.69, 9.17) is 16.3 Å². The van der Waals surface area contributed by atoms with E-state index in [0.717, 1.165) is 16.2 Å². The van der Waals surface area contributed by atoms with Crippen LogP contribution in [0.5, 0.6) is 0 Å². The van der Waals surface area contributed by atoms with Gasteiger partial charge < -0.3 is 31.8 Å². The van der Waals surface area contributed by atoms with Crippen LogP contribution in [0.1, 0.15) is 21.9 Å². The van der Waals surface area contributed by atoms with Crippen molar-refractivity contribution >= 4 is 69.2 Å². The minimum Gasteiger partial charge on any atom is -0.477 e. The van der Waals surface area contributed by atoms with Gasteiger partial charge in [-0.05, 0) is 13.0 Å². The monoisotopic (exact) mass is 587 g/mol. The number of pyridine rings is 1. The molecule has 5 heterocycles. The first kappa shape index (κ1) is 26.9. The molecule has 15 nitrogen and oxygen atoms in total. The number of thioether (sulfide) groups is 1. The lowest BCUT2D eigenvalue weighted by Crippen LogP contribution is -2.71. The highest BCUT2D eigenvalue weighted by molar-refractivity contribution is 8.00. The van der Waals surface area contributed by atoms with Crippen molar-refractivity contribution in [2.24, 2.45) is 5.16 Å². The highest BCUT2D eigenvalue weighted by atomic mass is 32.2. The molecule has 0 aromatic carbocycles. The van der Waals surface area contributed by atoms with Gasteiger partial charge in [0.2, 0.25) is 17.2 Å². The first-order valence-corrected chi connectivity index (χ1v) is 13.5. The summed E-state index contributed by atoms with van der Waals surface area (Å²) in [4.78, 5) is 60.4. The lowest BCUT2D eigenvalue weighted by Gasteiger charge is -2.49. The first-order chi connectivity index (χ1) is 19.0. The van der Waals surface area contributed by atoms with Crippen molar-refractivity contribution in [2.75, 3.05) is 24.3 Å². The van der Waals surface area contributed by atoms with E-state index in [0.29, 0.717) is 16.9 Å². The lowest BCUT2D eigenvalue weighted by molar-refractivity contribution is -0.498. The number of nitrogens with two attached hydrogens (primary N) is 2. The largest absolute Gasteiger partial charge is 0.477 e. The molecule has 2 aliphatic rings. The van der Waals surface area contributed by atoms with Crippen LogP contribution in [-0.4, -0.2) is 78.4 Å². The number of anilines is 2. The Hall–Kier alpha value is -4.64. The molecule has 0 aliphatic carbocycles. The number of carboxylic acids is 2. The number of carbonyl (C=O) groups excluding carboxylic acids is 2. The van der Waals surface area contributed by atoms with Crippen molar-refractivity contribution in [1.82, 2.24) is 19.8 Å². The Morgan fingerprint density at radius 1 is 1.27 bits per heavy atom. The third kappa shape index (κ3) is 4.28. The van der Waals surface area contributed by atoms with Crippen molar-refractivity contribution in [3.63, 3.8) is 0 Å². The van der Waals surface area contributed by atoms with Crippen molar-refractivity contribution in [3.8, 4) is 0 Å². The quantitative estimate of drug-likeness (QED) is 0.0991. The summed E-state index contributed by atoms with van der Waals surface area (Å²) in [5, 5.41) is 27.2. The number of fused-ring (bicyclic) bond motifs is 2. The number of nitrogens with one attached hydrogen (secondary N) is 1. The number of aromatic carboxylic acids is 1. The Bertz CT molecular complexity index is 1660. The summed E-state index contributed by atoms with van der Waals surface area (Å²) in [6, 6.07) is 3.88. The molecule has 3 aromatic rings. The van der Waals surface area contributed by atoms with E-state index in [1.807, 2.05) is 0 Å². The highest BCUT2D eigenvalue weighted by Gasteiger charge is 2.54. The minimum absolute atomic E-state index is 0.00409. The van der Waals surface area contributed by atoms with Crippen LogP contribution < -0.4 is 21.2 Å². The molecule has 208 valence electrons. The van der Waals surface area contributed by atoms with E-state index in [1.54, 1.807) is 29.7 Å². The molecule has 2 aliphatic heterocycles. The van der Waals surface area contributed by atoms with Crippen molar-refractivity contribution in [3.05, 3.63) is 51.9 Å². The Morgan fingerprint density at radius 2 is 2.02 bits per heavy atom. The van der Waals surface area contributed by atoms with E-state index in [-0.39, 0.29) is 46.0 Å². The maximum Gasteiger partial charge on any atom is 0.371 e. The number of nitrogens with zero attached hydrogens (tertiary/aromatic N) is 5. The van der Waals surface area contributed by atoms with Gasteiger partial charge in [-0.15, -0.1) is 23.1 Å². The number of carbonyl (C=O) groups is 4. The second kappa shape index (κ2) is 10.2. The average Bonchev–Trinajstić information content (AvgIpc) is 3.46. The van der Waals surface area contributed by atoms with E-state index in [2.05, 4.69) is 15.5 Å². The molecule has 7 N–H and O–H groups in total. The highest BCUT2D eigenvalue weighted by Crippen LogP contribution is 2.41. The number of oxime groups is 1. The van der Waals surface area contributed by atoms with Gasteiger partial charge >= 0.3 is 11.9 Å². The van der Waals surface area contributed by atoms with Crippen LogP contribution in [0, 0.1) is 6.92 Å². The van der Waals surface area contributed by atoms with Crippen LogP contribution in [0.25, 0.3) is 5.65 Å². The van der Waals surface area contributed by atoms with Crippen LogP contribution in [0.2, 0.25) is 0 Å². The second-order valence-corrected chi connectivity index (χ2v) is 10.8. The van der Waals surface area contributed by atoms with E-state index in [1.165, 1.54) is 28.7 Å². The van der Waals surface area contributed by atoms with Gasteiger partial charge in [0.1, 0.15) is 35.6 Å². The fourth-order valence-electron chi connectivity index (χ4n) is 4.78. The summed E-state index contributed by atoms with van der Waals surface area (Å²) in [5.41, 5.74) is 12.6. The van der Waals surface area contributed by atoms with Gasteiger partial charge in [-0.25, -0.2) is 14.6 Å². The summed E-state index contributed by atoms with van der Waals surface area (Å²) < 4.78 is 3.03. The predicted molar refractivity (Wildman–Crippen MR) is 143 cm³/mol. The van der Waals surface area contributed by atoms with Crippen molar-refractivity contribution < 1.29 is 38.6 Å². The smallest absolute Gasteiger partial charge is 0.371 e. The van der Waals surface area contributed by atoms with Gasteiger partial charge in [0.25, 0.3) is 11.8 Å². The van der Waals surface area contributed by atoms with Gasteiger partial charge in [-0.3, -0.25) is 19.1 Å². The number of hydrogen-bond acceptors (Lipinski definition) is 11. The zero-order valence-corrected chi connectivity index (χ0v) is 22.7. The third-order valence-corrected chi connectivity index (χ3v) is 8.51. The molecule has 40 heavy (non-hydrogen) atoms. The number of nitrogen functional groups attached to an aromatic ring is 2. The molecular formula is C23H23N8O7S2+. The molecule has 3 aromatic heterocycles. The first-order valence-electron chi connectivity index (χ1n) is 11.6. The number of imidazole rings is 1. The zero-order chi connectivity index (χ0) is 28.9. The van der Waals surface area contributed by atoms with Gasteiger partial charge in [0.05, 0.1) is 6.54 Å². The maximum atomic E-state index is 13.2. The fraction of sp³-hybridized carbons (Fsp3) is 0.261. The molecule has 0 radical (unpaired) electrons. The molecular weight excluding hydrogens is 564 g/mol. The maximum absolute atomic E-state index is 13.2. The predicted octanol–water partition coefficient (Wildman–Crippen LogP) is -0.356. The van der Waals surface area contributed by atoms with Gasteiger partial charge in [0.15, 0.2) is 10.8 Å². The molecule has 0 bridgehead atoms. The average molecular weight is 588 g/mol. The molecule has 2 atom stereocenters. The number of aromatic nitrogens is 3. The van der Waals surface area contributed by atoms with Crippen LogP contribution in [-0.2, 0) is 25.8 Å². The van der Waals surface area contributed by atoms with Crippen LogP contribution in [0.3, 0.4) is 0 Å². The van der Waals surface area contributed by atoms with E-state index < -0.39 is 35.2 Å². The Kier molecular flexibility index (Phi) is 6.84. The zero-order valence-electron chi connectivity index (χ0n) is 21.0. The lowest BCUT2D eigenvalue weighted by atomic mass is 10.0. The number of amides is 2. The molecule has 0 unspecified atom stereocenters. The standard InChI is InChI=1S/C23H22N8O7S2/c1-9-16(21(34)35)30-12(24)4-3-5-13(30)29(9)6-10-7-39-20-15(19(33)31(20)17(10)22(36)37)27-18(32)14(28-38-2)11-8-40-23(25)26-11/h3-5,8,15,20,24H,6-7H2,1-2H3,(H5,25,26,27,32,34,35,36,37)/p+1/t15-,20+/m1/s1. The van der Waals surface area contributed by atoms with Crippen molar-refractivity contribution in [1.29, 1.82) is 0 Å². The number of β-lactam (4-membered cyclic amide) rings is 1. The van der Waals surface area contributed by atoms with Crippen LogP contribution in [0.15, 0.2) is 40.0 Å². The number of carboxylic acid groups (broad SMARTS) is 2. The van der Waals surface area contributed by atoms with Gasteiger partial charge in [-0.1, -0.05) is 5.16 Å². The molecule has 2 amide bonds. The van der Waals surface area contributed by atoms with Gasteiger partial charge in [-0.2, -0.15) is 4.40 Å². The normalized spacial score (nSPS) is 18.9. The molecule has 1 fully saturated rings. The summed E-state index contributed by atoms with van der Waals surface area (Å²) in [6.07, 6.45) is 0. The summed E-state index contributed by atoms with van der Waals surface area (Å²) in [6.45, 7) is 1.61. The summed E-state index contributed by atoms with van der Waals surface area (Å²) >= 11 is 2.37. The Labute approximate surface area is 233 Å². The third-order valence-electron chi connectivity index (χ3n) is 6.50. The number of hydrogen-bond donors (Lipinski definition) is 5. The minimum atomic E-state index is -1.32. The molecule has 17 heteroatoms. The molecule has 1 saturated heterocycles. The Morgan fingerprint density at radius 3 is 2.65 bits per heavy atom. The van der Waals surface area contributed by atoms with E-state index >= 15 is 0 Å². The molecule has 5 rings (SSSR count). The Balaban J connectivity index is 1.44.